The molecule has 0 aliphatic rings. The summed E-state index contributed by atoms with van der Waals surface area (Å²) < 4.78 is 38.1. The highest BCUT2D eigenvalue weighted by Crippen LogP contribution is 2.26. The lowest BCUT2D eigenvalue weighted by atomic mass is 9.87. The Morgan fingerprint density at radius 2 is 1.87 bits per heavy atom. The van der Waals surface area contributed by atoms with Crippen LogP contribution in [0.3, 0.4) is 0 Å². The molecule has 2 rings (SSSR count). The van der Waals surface area contributed by atoms with Crippen LogP contribution in [-0.4, -0.2) is 50.5 Å². The van der Waals surface area contributed by atoms with Gasteiger partial charge in [-0.05, 0) is 36.5 Å². The Labute approximate surface area is 183 Å². The van der Waals surface area contributed by atoms with Crippen LogP contribution < -0.4 is 0 Å². The molecular weight excluding hydrogens is 424 g/mol. The van der Waals surface area contributed by atoms with Crippen LogP contribution in [0.4, 0.5) is 0 Å². The molecule has 166 valence electrons. The first-order chi connectivity index (χ1) is 14.1. The summed E-state index contributed by atoms with van der Waals surface area (Å²) >= 11 is 1.23. The lowest BCUT2D eigenvalue weighted by molar-refractivity contribution is 0.0594. The third kappa shape index (κ3) is 6.34. The second kappa shape index (κ2) is 10.5. The number of rotatable bonds is 10. The predicted octanol–water partition coefficient (Wildman–Crippen LogP) is 3.84. The van der Waals surface area contributed by atoms with E-state index >= 15 is 0 Å². The maximum absolute atomic E-state index is 13.3. The van der Waals surface area contributed by atoms with Crippen LogP contribution in [-0.2, 0) is 31.5 Å². The molecule has 0 amide bonds. The van der Waals surface area contributed by atoms with E-state index in [0.717, 1.165) is 5.56 Å². The highest BCUT2D eigenvalue weighted by molar-refractivity contribution is 7.89. The van der Waals surface area contributed by atoms with Crippen LogP contribution in [0.1, 0.15) is 55.2 Å². The molecule has 0 radical (unpaired) electrons. The minimum absolute atomic E-state index is 0.0648. The summed E-state index contributed by atoms with van der Waals surface area (Å²) in [5.41, 5.74) is 1.18. The number of ether oxygens (including phenoxy) is 2. The van der Waals surface area contributed by atoms with Gasteiger partial charge in [0.15, 0.2) is 5.69 Å². The van der Waals surface area contributed by atoms with Gasteiger partial charge < -0.3 is 9.47 Å². The molecule has 9 heteroatoms. The normalized spacial score (nSPS) is 12.3. The number of carbonyl (C=O) groups excluding carboxylic acids is 1. The Morgan fingerprint density at radius 1 is 1.20 bits per heavy atom. The van der Waals surface area contributed by atoms with Crippen molar-refractivity contribution >= 4 is 27.3 Å². The van der Waals surface area contributed by atoms with Crippen molar-refractivity contribution in [1.29, 1.82) is 0 Å². The molecule has 0 unspecified atom stereocenters. The standard InChI is InChI=1S/C21H30N2O5S2/c1-6-28-13-7-12-23(14-19-22-18(15-29-19)20(24)27-5)30(25,26)17-10-8-16(9-11-17)21(2,3)4/h8-11,15H,6-7,12-14H2,1-5H3. The Bertz CT molecular complexity index is 931. The molecule has 1 aromatic heterocycles. The lowest BCUT2D eigenvalue weighted by Gasteiger charge is -2.23. The highest BCUT2D eigenvalue weighted by Gasteiger charge is 2.26. The first kappa shape index (κ1) is 24.5. The van der Waals surface area contributed by atoms with E-state index in [2.05, 4.69) is 30.5 Å². The molecule has 2 aromatic rings. The third-order valence-corrected chi connectivity index (χ3v) is 7.21. The molecule has 0 N–H and O–H groups in total. The average Bonchev–Trinajstić information content (AvgIpc) is 3.17. The topological polar surface area (TPSA) is 85.8 Å². The van der Waals surface area contributed by atoms with Crippen LogP contribution in [0, 0.1) is 0 Å². The molecule has 1 aromatic carbocycles. The van der Waals surface area contributed by atoms with Gasteiger partial charge >= 0.3 is 5.97 Å². The highest BCUT2D eigenvalue weighted by atomic mass is 32.2. The van der Waals surface area contributed by atoms with Gasteiger partial charge in [-0.3, -0.25) is 0 Å². The molecule has 1 heterocycles. The smallest absolute Gasteiger partial charge is 0.357 e. The van der Waals surface area contributed by atoms with Gasteiger partial charge in [0.2, 0.25) is 10.0 Å². The molecule has 7 nitrogen and oxygen atoms in total. The maximum atomic E-state index is 13.3. The van der Waals surface area contributed by atoms with Crippen LogP contribution in [0.25, 0.3) is 0 Å². The number of hydrogen-bond donors (Lipinski definition) is 0. The number of aromatic nitrogens is 1. The minimum atomic E-state index is -3.74. The van der Waals surface area contributed by atoms with E-state index in [-0.39, 0.29) is 29.1 Å². The number of nitrogens with zero attached hydrogens (tertiary/aromatic N) is 2. The van der Waals surface area contributed by atoms with E-state index in [9.17, 15) is 13.2 Å². The largest absolute Gasteiger partial charge is 0.464 e. The van der Waals surface area contributed by atoms with Crippen molar-refractivity contribution in [2.24, 2.45) is 0 Å². The second-order valence-corrected chi connectivity index (χ2v) is 10.7. The van der Waals surface area contributed by atoms with Gasteiger partial charge in [0.05, 0.1) is 18.6 Å². The number of thiazole rings is 1. The molecule has 0 saturated heterocycles. The fraction of sp³-hybridized carbons (Fsp3) is 0.524. The Balaban J connectivity index is 2.27. The molecule has 0 aliphatic carbocycles. The van der Waals surface area contributed by atoms with Gasteiger partial charge in [-0.2, -0.15) is 4.31 Å². The van der Waals surface area contributed by atoms with Crippen molar-refractivity contribution in [3.8, 4) is 0 Å². The summed E-state index contributed by atoms with van der Waals surface area (Å²) in [6, 6.07) is 6.99. The molecule has 0 aliphatic heterocycles. The fourth-order valence-corrected chi connectivity index (χ4v) is 5.08. The zero-order valence-electron chi connectivity index (χ0n) is 18.2. The van der Waals surface area contributed by atoms with Crippen molar-refractivity contribution in [3.63, 3.8) is 0 Å². The molecule has 0 bridgehead atoms. The number of hydrogen-bond acceptors (Lipinski definition) is 7. The first-order valence-corrected chi connectivity index (χ1v) is 12.1. The Kier molecular flexibility index (Phi) is 8.54. The summed E-state index contributed by atoms with van der Waals surface area (Å²) in [5.74, 6) is -0.541. The quantitative estimate of drug-likeness (QED) is 0.400. The van der Waals surface area contributed by atoms with Crippen LogP contribution in [0.15, 0.2) is 34.5 Å². The Morgan fingerprint density at radius 3 is 2.43 bits per heavy atom. The number of esters is 1. The lowest BCUT2D eigenvalue weighted by Crippen LogP contribution is -2.32. The van der Waals surface area contributed by atoms with Gasteiger partial charge in [0.1, 0.15) is 5.01 Å². The van der Waals surface area contributed by atoms with Crippen molar-refractivity contribution in [3.05, 3.63) is 45.9 Å². The zero-order valence-corrected chi connectivity index (χ0v) is 19.8. The van der Waals surface area contributed by atoms with E-state index in [0.29, 0.717) is 24.6 Å². The summed E-state index contributed by atoms with van der Waals surface area (Å²) in [5, 5.41) is 2.10. The number of sulfonamides is 1. The van der Waals surface area contributed by atoms with Crippen LogP contribution in [0.5, 0.6) is 0 Å². The summed E-state index contributed by atoms with van der Waals surface area (Å²) in [4.78, 5) is 16.1. The second-order valence-electron chi connectivity index (χ2n) is 7.78. The summed E-state index contributed by atoms with van der Waals surface area (Å²) in [6.45, 7) is 9.56. The van der Waals surface area contributed by atoms with Gasteiger partial charge in [-0.25, -0.2) is 18.2 Å². The fourth-order valence-electron chi connectivity index (χ4n) is 2.78. The van der Waals surface area contributed by atoms with Gasteiger partial charge in [0, 0.05) is 25.1 Å². The molecule has 0 atom stereocenters. The molecule has 0 spiro atoms. The van der Waals surface area contributed by atoms with Gasteiger partial charge in [-0.15, -0.1) is 11.3 Å². The van der Waals surface area contributed by atoms with E-state index in [1.807, 2.05) is 19.1 Å². The van der Waals surface area contributed by atoms with E-state index in [4.69, 9.17) is 4.74 Å². The van der Waals surface area contributed by atoms with Crippen molar-refractivity contribution in [2.75, 3.05) is 26.9 Å². The van der Waals surface area contributed by atoms with Gasteiger partial charge in [0.25, 0.3) is 0 Å². The van der Waals surface area contributed by atoms with Crippen molar-refractivity contribution in [2.45, 2.75) is 51.0 Å². The molecular formula is C21H30N2O5S2. The van der Waals surface area contributed by atoms with Crippen molar-refractivity contribution < 1.29 is 22.7 Å². The number of methoxy groups -OCH3 is 1. The summed E-state index contributed by atoms with van der Waals surface area (Å²) in [7, 11) is -2.45. The van der Waals surface area contributed by atoms with E-state index < -0.39 is 16.0 Å². The van der Waals surface area contributed by atoms with E-state index in [1.54, 1.807) is 17.5 Å². The summed E-state index contributed by atoms with van der Waals surface area (Å²) in [6.07, 6.45) is 0.558. The zero-order chi connectivity index (χ0) is 22.4. The van der Waals surface area contributed by atoms with Crippen molar-refractivity contribution in [1.82, 2.24) is 9.29 Å². The number of benzene rings is 1. The predicted molar refractivity (Wildman–Crippen MR) is 117 cm³/mol. The first-order valence-electron chi connectivity index (χ1n) is 9.80. The average molecular weight is 455 g/mol. The Hall–Kier alpha value is -1.81. The maximum Gasteiger partial charge on any atom is 0.357 e. The monoisotopic (exact) mass is 454 g/mol. The number of carbonyl (C=O) groups is 1. The van der Waals surface area contributed by atoms with Crippen LogP contribution >= 0.6 is 11.3 Å². The van der Waals surface area contributed by atoms with Crippen LogP contribution in [0.2, 0.25) is 0 Å². The molecule has 0 fully saturated rings. The SMILES string of the molecule is CCOCCCN(Cc1nc(C(=O)OC)cs1)S(=O)(=O)c1ccc(C(C)(C)C)cc1. The minimum Gasteiger partial charge on any atom is -0.464 e. The van der Waals surface area contributed by atoms with Gasteiger partial charge in [-0.1, -0.05) is 32.9 Å². The van der Waals surface area contributed by atoms with E-state index in [1.165, 1.54) is 22.8 Å². The molecule has 0 saturated carbocycles. The third-order valence-electron chi connectivity index (χ3n) is 4.52. The molecule has 30 heavy (non-hydrogen) atoms.